The smallest absolute Gasteiger partial charge is 0.164 e. The lowest BCUT2D eigenvalue weighted by Crippen LogP contribution is -2.27. The van der Waals surface area contributed by atoms with Crippen LogP contribution in [-0.2, 0) is 17.0 Å². The molecule has 0 saturated heterocycles. The molecular weight excluding hydrogens is 575 g/mol. The van der Waals surface area contributed by atoms with E-state index in [1.165, 1.54) is 23.2 Å². The van der Waals surface area contributed by atoms with E-state index in [1.54, 1.807) is 46.2 Å². The molecule has 0 amide bonds. The van der Waals surface area contributed by atoms with Gasteiger partial charge in [-0.1, -0.05) is 48.6 Å². The summed E-state index contributed by atoms with van der Waals surface area (Å²) in [7, 11) is 12.6. The summed E-state index contributed by atoms with van der Waals surface area (Å²) in [5, 5.41) is 0. The highest BCUT2D eigenvalue weighted by Crippen LogP contribution is 2.43. The molecule has 2 radical (unpaired) electrons. The summed E-state index contributed by atoms with van der Waals surface area (Å²) in [5.41, 5.74) is 2.41. The van der Waals surface area contributed by atoms with Gasteiger partial charge in [0.05, 0.1) is 33.2 Å². The molecule has 0 spiro atoms. The predicted octanol–water partition coefficient (Wildman–Crippen LogP) is 8.92. The molecule has 43 heavy (non-hydrogen) atoms. The van der Waals surface area contributed by atoms with Crippen molar-refractivity contribution in [2.45, 2.75) is 62.6 Å². The van der Waals surface area contributed by atoms with Crippen LogP contribution in [0.4, 0.5) is 0 Å². The first kappa shape index (κ1) is 36.5. The fourth-order valence-electron chi connectivity index (χ4n) is 4.77. The van der Waals surface area contributed by atoms with Crippen LogP contribution >= 0.6 is 23.8 Å². The topological polar surface area (TPSA) is 46.2 Å². The van der Waals surface area contributed by atoms with Gasteiger partial charge < -0.3 is 18.9 Å². The SMILES string of the molecule is [B]/C=C/C(/C=C/C)(OSC(C=CC)(C=CC)CCCc1ccc(OC)c(OC)c1)SCCCc1ccc(OC)c(OC)c1. The average molecular weight is 623 g/mol. The van der Waals surface area contributed by atoms with Crippen LogP contribution in [0.15, 0.2) is 84.9 Å². The molecule has 0 aliphatic heterocycles. The number of rotatable bonds is 20. The third kappa shape index (κ3) is 11.4. The van der Waals surface area contributed by atoms with Gasteiger partial charge in [-0.15, -0.1) is 17.7 Å². The quantitative estimate of drug-likeness (QED) is 0.0480. The van der Waals surface area contributed by atoms with Crippen molar-refractivity contribution in [3.63, 3.8) is 0 Å². The van der Waals surface area contributed by atoms with Gasteiger partial charge in [-0.25, -0.2) is 0 Å². The number of methoxy groups -OCH3 is 4. The highest BCUT2D eigenvalue weighted by molar-refractivity contribution is 8.02. The third-order valence-electron chi connectivity index (χ3n) is 6.82. The molecule has 0 heterocycles. The third-order valence-corrected chi connectivity index (χ3v) is 9.37. The minimum atomic E-state index is -0.705. The number of benzene rings is 2. The molecule has 2 aromatic rings. The summed E-state index contributed by atoms with van der Waals surface area (Å²) >= 11 is 3.22. The minimum Gasteiger partial charge on any atom is -0.493 e. The Morgan fingerprint density at radius 2 is 1.19 bits per heavy atom. The second-order valence-corrected chi connectivity index (χ2v) is 12.3. The van der Waals surface area contributed by atoms with Crippen molar-refractivity contribution >= 4 is 31.7 Å². The van der Waals surface area contributed by atoms with E-state index >= 15 is 0 Å². The van der Waals surface area contributed by atoms with Crippen molar-refractivity contribution in [2.75, 3.05) is 34.2 Å². The zero-order chi connectivity index (χ0) is 31.6. The van der Waals surface area contributed by atoms with Crippen LogP contribution in [0.5, 0.6) is 23.0 Å². The lowest BCUT2D eigenvalue weighted by atomic mass is 9.97. The number of allylic oxidation sites excluding steroid dienone is 3. The zero-order valence-electron chi connectivity index (χ0n) is 26.8. The van der Waals surface area contributed by atoms with Gasteiger partial charge in [0.1, 0.15) is 7.85 Å². The molecule has 5 nitrogen and oxygen atoms in total. The highest BCUT2D eigenvalue weighted by Gasteiger charge is 2.32. The van der Waals surface area contributed by atoms with E-state index in [9.17, 15) is 0 Å². The van der Waals surface area contributed by atoms with Crippen molar-refractivity contribution < 1.29 is 23.1 Å². The van der Waals surface area contributed by atoms with Gasteiger partial charge >= 0.3 is 0 Å². The second-order valence-electron chi connectivity index (χ2n) is 9.89. The largest absolute Gasteiger partial charge is 0.493 e. The van der Waals surface area contributed by atoms with E-state index in [0.29, 0.717) is 0 Å². The molecule has 0 aromatic heterocycles. The number of thioether (sulfide) groups is 1. The van der Waals surface area contributed by atoms with Crippen LogP contribution in [0.3, 0.4) is 0 Å². The number of aryl methyl sites for hydroxylation is 2. The van der Waals surface area contributed by atoms with Gasteiger partial charge in [-0.2, -0.15) is 0 Å². The van der Waals surface area contributed by atoms with E-state index in [4.69, 9.17) is 31.0 Å². The first-order valence-electron chi connectivity index (χ1n) is 14.6. The molecule has 0 fully saturated rings. The van der Waals surface area contributed by atoms with Crippen LogP contribution in [0.1, 0.15) is 51.2 Å². The van der Waals surface area contributed by atoms with Crippen LogP contribution in [0.2, 0.25) is 0 Å². The van der Waals surface area contributed by atoms with E-state index in [0.717, 1.165) is 60.9 Å². The number of ether oxygens (including phenoxy) is 4. The number of hydrogen-bond acceptors (Lipinski definition) is 7. The Labute approximate surface area is 269 Å². The average Bonchev–Trinajstić information content (AvgIpc) is 3.02. The van der Waals surface area contributed by atoms with E-state index < -0.39 is 4.93 Å². The maximum absolute atomic E-state index is 6.72. The maximum atomic E-state index is 6.72. The Morgan fingerprint density at radius 1 is 0.674 bits per heavy atom. The Hall–Kier alpha value is -2.68. The second kappa shape index (κ2) is 19.6. The van der Waals surface area contributed by atoms with Gasteiger partial charge in [0.2, 0.25) is 0 Å². The lowest BCUT2D eigenvalue weighted by molar-refractivity contribution is 0.310. The van der Waals surface area contributed by atoms with Crippen molar-refractivity contribution in [2.24, 2.45) is 0 Å². The first-order valence-corrected chi connectivity index (χ1v) is 16.3. The molecule has 0 aliphatic rings. The van der Waals surface area contributed by atoms with Gasteiger partial charge in [0.25, 0.3) is 0 Å². The summed E-state index contributed by atoms with van der Waals surface area (Å²) in [6.07, 6.45) is 19.3. The molecule has 2 rings (SSSR count). The zero-order valence-corrected chi connectivity index (χ0v) is 28.4. The molecule has 0 N–H and O–H groups in total. The van der Waals surface area contributed by atoms with Gasteiger partial charge in [-0.05, 0) is 100 Å². The summed E-state index contributed by atoms with van der Waals surface area (Å²) in [6, 6.07) is 12.2. The predicted molar refractivity (Wildman–Crippen MR) is 186 cm³/mol. The highest BCUT2D eigenvalue weighted by atomic mass is 32.2. The van der Waals surface area contributed by atoms with Crippen LogP contribution in [0, 0.1) is 0 Å². The summed E-state index contributed by atoms with van der Waals surface area (Å²) in [5.74, 6) is 5.42. The maximum Gasteiger partial charge on any atom is 0.164 e. The van der Waals surface area contributed by atoms with Crippen molar-refractivity contribution in [3.8, 4) is 23.0 Å². The number of hydrogen-bond donors (Lipinski definition) is 0. The molecule has 0 saturated carbocycles. The fraction of sp³-hybridized carbons (Fsp3) is 0.429. The Morgan fingerprint density at radius 3 is 1.65 bits per heavy atom. The normalized spacial score (nSPS) is 14.9. The first-order chi connectivity index (χ1) is 20.9. The van der Waals surface area contributed by atoms with E-state index in [1.807, 2.05) is 37.3 Å². The van der Waals surface area contributed by atoms with Crippen molar-refractivity contribution in [3.05, 3.63) is 96.0 Å². The summed E-state index contributed by atoms with van der Waals surface area (Å²) < 4.78 is 28.1. The van der Waals surface area contributed by atoms with Crippen LogP contribution in [-0.4, -0.2) is 51.7 Å². The molecule has 8 heteroatoms. The van der Waals surface area contributed by atoms with Crippen LogP contribution in [0.25, 0.3) is 0 Å². The Kier molecular flexibility index (Phi) is 16.6. The van der Waals surface area contributed by atoms with Gasteiger partial charge in [0, 0.05) is 12.0 Å². The minimum absolute atomic E-state index is 0.338. The summed E-state index contributed by atoms with van der Waals surface area (Å²) in [4.78, 5) is -0.705. The standard InChI is InChI=1S/C35H47BO5S2/c1-8-19-34(20-9-2,22-11-13-28-15-17-30(37-4)32(26-28)39-6)43-41-35(21-10-3,23-24-36)42-25-12-14-29-16-18-31(38-5)33(27-29)40-7/h8-10,15-21,23-24,26-27H,11-14,22,25H2,1-7H3/b19-8?,20-9?,21-10+,24-23+. The Balaban J connectivity index is 2.14. The molecule has 1 unspecified atom stereocenters. The van der Waals surface area contributed by atoms with E-state index in [-0.39, 0.29) is 4.75 Å². The molecule has 1 atom stereocenters. The monoisotopic (exact) mass is 622 g/mol. The molecule has 0 aliphatic carbocycles. The molecule has 232 valence electrons. The van der Waals surface area contributed by atoms with E-state index in [2.05, 4.69) is 62.4 Å². The summed E-state index contributed by atoms with van der Waals surface area (Å²) in [6.45, 7) is 6.11. The van der Waals surface area contributed by atoms with Crippen molar-refractivity contribution in [1.82, 2.24) is 0 Å². The van der Waals surface area contributed by atoms with Gasteiger partial charge in [-0.3, -0.25) is 4.18 Å². The lowest BCUT2D eigenvalue weighted by Gasteiger charge is -2.33. The molecule has 0 bridgehead atoms. The van der Waals surface area contributed by atoms with Crippen LogP contribution < -0.4 is 18.9 Å². The fourth-order valence-corrected chi connectivity index (χ4v) is 7.09. The van der Waals surface area contributed by atoms with Gasteiger partial charge in [0.15, 0.2) is 27.9 Å². The van der Waals surface area contributed by atoms with Crippen molar-refractivity contribution in [1.29, 1.82) is 0 Å². The molecule has 2 aromatic carbocycles. The Bertz CT molecular complexity index is 1200. The molecular formula is C35H47BO5S2.